The molecule has 2 aromatic carbocycles. The molecule has 1 saturated heterocycles. The summed E-state index contributed by atoms with van der Waals surface area (Å²) in [6.45, 7) is 2.27. The summed E-state index contributed by atoms with van der Waals surface area (Å²) < 4.78 is 16.7. The van der Waals surface area contributed by atoms with E-state index in [4.69, 9.17) is 14.2 Å². The number of rotatable bonds is 8. The Labute approximate surface area is 147 Å². The van der Waals surface area contributed by atoms with Crippen molar-refractivity contribution in [3.05, 3.63) is 60.2 Å². The number of ether oxygens (including phenoxy) is 3. The molecule has 132 valence electrons. The maximum atomic E-state index is 12.1. The van der Waals surface area contributed by atoms with Crippen molar-refractivity contribution in [2.45, 2.75) is 18.9 Å². The largest absolute Gasteiger partial charge is 0.490 e. The second-order valence-electron chi connectivity index (χ2n) is 5.88. The van der Waals surface area contributed by atoms with Gasteiger partial charge in [0.15, 0.2) is 0 Å². The molecule has 1 aliphatic heterocycles. The van der Waals surface area contributed by atoms with Crippen LogP contribution in [0.3, 0.4) is 0 Å². The lowest BCUT2D eigenvalue weighted by atomic mass is 10.2. The third-order valence-corrected chi connectivity index (χ3v) is 3.99. The standard InChI is InChI=1S/C20H23NO4/c22-20(21-15-19-7-4-12-23-19)16-8-10-18(11-9-16)25-14-13-24-17-5-2-1-3-6-17/h1-3,5-6,8-11,19H,4,7,12-15H2,(H,21,22)/t19-/m1/s1. The van der Waals surface area contributed by atoms with E-state index in [1.165, 1.54) is 0 Å². The van der Waals surface area contributed by atoms with E-state index in [1.54, 1.807) is 24.3 Å². The van der Waals surface area contributed by atoms with Crippen molar-refractivity contribution in [3.8, 4) is 11.5 Å². The van der Waals surface area contributed by atoms with Crippen LogP contribution in [-0.2, 0) is 4.74 Å². The summed E-state index contributed by atoms with van der Waals surface area (Å²) in [6.07, 6.45) is 2.23. The van der Waals surface area contributed by atoms with Crippen LogP contribution in [0.4, 0.5) is 0 Å². The first-order valence-corrected chi connectivity index (χ1v) is 8.62. The number of benzene rings is 2. The van der Waals surface area contributed by atoms with Gasteiger partial charge in [0, 0.05) is 18.7 Å². The predicted molar refractivity (Wildman–Crippen MR) is 95.2 cm³/mol. The Morgan fingerprint density at radius 2 is 1.68 bits per heavy atom. The lowest BCUT2D eigenvalue weighted by Gasteiger charge is -2.11. The molecule has 1 N–H and O–H groups in total. The van der Waals surface area contributed by atoms with Crippen LogP contribution in [0.1, 0.15) is 23.2 Å². The summed E-state index contributed by atoms with van der Waals surface area (Å²) in [5.74, 6) is 1.45. The van der Waals surface area contributed by atoms with Crippen LogP contribution in [0.25, 0.3) is 0 Å². The van der Waals surface area contributed by atoms with Gasteiger partial charge in [-0.25, -0.2) is 0 Å². The fourth-order valence-corrected chi connectivity index (χ4v) is 2.65. The molecular weight excluding hydrogens is 318 g/mol. The third kappa shape index (κ3) is 5.50. The zero-order chi connectivity index (χ0) is 17.3. The van der Waals surface area contributed by atoms with Gasteiger partial charge in [-0.15, -0.1) is 0 Å². The van der Waals surface area contributed by atoms with Gasteiger partial charge in [0.2, 0.25) is 0 Å². The Hall–Kier alpha value is -2.53. The zero-order valence-electron chi connectivity index (χ0n) is 14.1. The number of carbonyl (C=O) groups excluding carboxylic acids is 1. The molecule has 1 amide bonds. The van der Waals surface area contributed by atoms with E-state index in [0.717, 1.165) is 25.2 Å². The van der Waals surface area contributed by atoms with Crippen molar-refractivity contribution in [2.24, 2.45) is 0 Å². The first-order chi connectivity index (χ1) is 12.3. The van der Waals surface area contributed by atoms with Gasteiger partial charge < -0.3 is 19.5 Å². The average molecular weight is 341 g/mol. The van der Waals surface area contributed by atoms with Gasteiger partial charge in [-0.05, 0) is 49.2 Å². The molecular formula is C20H23NO4. The average Bonchev–Trinajstić information content (AvgIpc) is 3.18. The van der Waals surface area contributed by atoms with Crippen LogP contribution in [-0.4, -0.2) is 38.4 Å². The number of hydrogen-bond donors (Lipinski definition) is 1. The fraction of sp³-hybridized carbons (Fsp3) is 0.350. The number of nitrogens with one attached hydrogen (secondary N) is 1. The molecule has 0 radical (unpaired) electrons. The summed E-state index contributed by atoms with van der Waals surface area (Å²) in [5.41, 5.74) is 0.617. The highest BCUT2D eigenvalue weighted by Gasteiger charge is 2.16. The number of amides is 1. The molecule has 0 bridgehead atoms. The second-order valence-corrected chi connectivity index (χ2v) is 5.88. The maximum absolute atomic E-state index is 12.1. The molecule has 5 nitrogen and oxygen atoms in total. The van der Waals surface area contributed by atoms with Crippen LogP contribution in [0.15, 0.2) is 54.6 Å². The lowest BCUT2D eigenvalue weighted by molar-refractivity contribution is 0.0857. The van der Waals surface area contributed by atoms with Crippen LogP contribution >= 0.6 is 0 Å². The molecule has 5 heteroatoms. The van der Waals surface area contributed by atoms with E-state index in [-0.39, 0.29) is 12.0 Å². The lowest BCUT2D eigenvalue weighted by Crippen LogP contribution is -2.31. The van der Waals surface area contributed by atoms with E-state index >= 15 is 0 Å². The quantitative estimate of drug-likeness (QED) is 0.750. The van der Waals surface area contributed by atoms with Crippen LogP contribution in [0.5, 0.6) is 11.5 Å². The number of para-hydroxylation sites is 1. The summed E-state index contributed by atoms with van der Waals surface area (Å²) in [4.78, 5) is 12.1. The van der Waals surface area contributed by atoms with Gasteiger partial charge in [0.25, 0.3) is 5.91 Å². The summed E-state index contributed by atoms with van der Waals surface area (Å²) >= 11 is 0. The van der Waals surface area contributed by atoms with Crippen LogP contribution in [0, 0.1) is 0 Å². The van der Waals surface area contributed by atoms with Crippen molar-refractivity contribution in [3.63, 3.8) is 0 Å². The smallest absolute Gasteiger partial charge is 0.251 e. The first-order valence-electron chi connectivity index (χ1n) is 8.62. The van der Waals surface area contributed by atoms with E-state index < -0.39 is 0 Å². The molecule has 0 saturated carbocycles. The Morgan fingerprint density at radius 3 is 2.32 bits per heavy atom. The molecule has 1 heterocycles. The van der Waals surface area contributed by atoms with Crippen molar-refractivity contribution in [1.82, 2.24) is 5.32 Å². The molecule has 25 heavy (non-hydrogen) atoms. The van der Waals surface area contributed by atoms with Gasteiger partial charge in [0.1, 0.15) is 24.7 Å². The van der Waals surface area contributed by atoms with E-state index in [0.29, 0.717) is 31.1 Å². The molecule has 1 fully saturated rings. The Morgan fingerprint density at radius 1 is 1.00 bits per heavy atom. The Balaban J connectivity index is 1.38. The van der Waals surface area contributed by atoms with Gasteiger partial charge >= 0.3 is 0 Å². The van der Waals surface area contributed by atoms with E-state index in [9.17, 15) is 4.79 Å². The summed E-state index contributed by atoms with van der Waals surface area (Å²) in [6, 6.07) is 16.7. The summed E-state index contributed by atoms with van der Waals surface area (Å²) in [5, 5.41) is 2.91. The molecule has 2 aromatic rings. The van der Waals surface area contributed by atoms with Gasteiger partial charge in [-0.1, -0.05) is 18.2 Å². The van der Waals surface area contributed by atoms with Crippen LogP contribution < -0.4 is 14.8 Å². The minimum atomic E-state index is -0.0885. The highest BCUT2D eigenvalue weighted by Crippen LogP contribution is 2.14. The first kappa shape index (κ1) is 17.3. The molecule has 0 unspecified atom stereocenters. The number of carbonyl (C=O) groups is 1. The Kier molecular flexibility index (Phi) is 6.29. The number of hydrogen-bond acceptors (Lipinski definition) is 4. The normalized spacial score (nSPS) is 16.4. The monoisotopic (exact) mass is 341 g/mol. The SMILES string of the molecule is O=C(NC[C@H]1CCCO1)c1ccc(OCCOc2ccccc2)cc1. The predicted octanol–water partition coefficient (Wildman–Crippen LogP) is 3.05. The molecule has 0 aliphatic carbocycles. The van der Waals surface area contributed by atoms with Gasteiger partial charge in [0.05, 0.1) is 6.10 Å². The van der Waals surface area contributed by atoms with Crippen LogP contribution in [0.2, 0.25) is 0 Å². The van der Waals surface area contributed by atoms with Gasteiger partial charge in [-0.3, -0.25) is 4.79 Å². The molecule has 0 aromatic heterocycles. The molecule has 1 aliphatic rings. The zero-order valence-corrected chi connectivity index (χ0v) is 14.1. The minimum Gasteiger partial charge on any atom is -0.490 e. The van der Waals surface area contributed by atoms with Gasteiger partial charge in [-0.2, -0.15) is 0 Å². The molecule has 3 rings (SSSR count). The van der Waals surface area contributed by atoms with Crippen molar-refractivity contribution < 1.29 is 19.0 Å². The van der Waals surface area contributed by atoms with Crippen molar-refractivity contribution in [2.75, 3.05) is 26.4 Å². The minimum absolute atomic E-state index is 0.0885. The maximum Gasteiger partial charge on any atom is 0.251 e. The van der Waals surface area contributed by atoms with E-state index in [1.807, 2.05) is 30.3 Å². The van der Waals surface area contributed by atoms with Crippen molar-refractivity contribution in [1.29, 1.82) is 0 Å². The summed E-state index contributed by atoms with van der Waals surface area (Å²) in [7, 11) is 0. The topological polar surface area (TPSA) is 56.8 Å². The Bertz CT molecular complexity index is 651. The highest BCUT2D eigenvalue weighted by molar-refractivity contribution is 5.94. The fourth-order valence-electron chi connectivity index (χ4n) is 2.65. The van der Waals surface area contributed by atoms with Crippen molar-refractivity contribution >= 4 is 5.91 Å². The second kappa shape index (κ2) is 9.08. The molecule has 1 atom stereocenters. The third-order valence-electron chi connectivity index (χ3n) is 3.99. The highest BCUT2D eigenvalue weighted by atomic mass is 16.5. The van der Waals surface area contributed by atoms with E-state index in [2.05, 4.69) is 5.32 Å². The molecule has 0 spiro atoms.